The highest BCUT2D eigenvalue weighted by Crippen LogP contribution is 2.30. The number of imide groups is 1. The van der Waals surface area contributed by atoms with E-state index < -0.39 is 17.8 Å². The van der Waals surface area contributed by atoms with E-state index in [1.165, 1.54) is 12.1 Å². The van der Waals surface area contributed by atoms with Gasteiger partial charge < -0.3 is 10.2 Å². The standard InChI is InChI=1S/C20H16N2O5/c23-17(27-22-19(25)15-3-1-2-4-16(15)20(22)26)11-12-5-9-14(10-6-12)21-18(24)13-7-8-13/h1-6,9-10,13H,7-8,11H2,(H,21,24). The summed E-state index contributed by atoms with van der Waals surface area (Å²) < 4.78 is 0. The smallest absolute Gasteiger partial charge is 0.329 e. The van der Waals surface area contributed by atoms with Crippen LogP contribution in [0.25, 0.3) is 0 Å². The lowest BCUT2D eigenvalue weighted by Gasteiger charge is -2.12. The minimum absolute atomic E-state index is 0.00721. The Balaban J connectivity index is 1.36. The summed E-state index contributed by atoms with van der Waals surface area (Å²) in [5.74, 6) is -1.91. The van der Waals surface area contributed by atoms with Crippen molar-refractivity contribution in [3.8, 4) is 0 Å². The summed E-state index contributed by atoms with van der Waals surface area (Å²) >= 11 is 0. The van der Waals surface area contributed by atoms with Crippen LogP contribution in [0, 0.1) is 5.92 Å². The average Bonchev–Trinajstić information content (AvgIpc) is 3.49. The number of rotatable bonds is 5. The van der Waals surface area contributed by atoms with Gasteiger partial charge in [0, 0.05) is 11.6 Å². The van der Waals surface area contributed by atoms with Crippen molar-refractivity contribution < 1.29 is 24.0 Å². The predicted molar refractivity (Wildman–Crippen MR) is 94.5 cm³/mol. The molecule has 4 rings (SSSR count). The lowest BCUT2D eigenvalue weighted by Crippen LogP contribution is -2.33. The van der Waals surface area contributed by atoms with E-state index in [-0.39, 0.29) is 29.4 Å². The van der Waals surface area contributed by atoms with Gasteiger partial charge in [-0.3, -0.25) is 14.4 Å². The number of carbonyl (C=O) groups is 4. The Morgan fingerprint density at radius 1 is 0.963 bits per heavy atom. The quantitative estimate of drug-likeness (QED) is 0.822. The second-order valence-electron chi connectivity index (χ2n) is 6.55. The molecule has 1 aliphatic heterocycles. The van der Waals surface area contributed by atoms with E-state index in [1.54, 1.807) is 36.4 Å². The molecular weight excluding hydrogens is 348 g/mol. The third-order valence-electron chi connectivity index (χ3n) is 4.47. The molecule has 27 heavy (non-hydrogen) atoms. The first-order chi connectivity index (χ1) is 13.0. The number of hydroxylamine groups is 2. The number of anilines is 1. The average molecular weight is 364 g/mol. The van der Waals surface area contributed by atoms with Crippen LogP contribution < -0.4 is 5.32 Å². The molecule has 2 aliphatic rings. The molecule has 2 aromatic rings. The zero-order valence-electron chi connectivity index (χ0n) is 14.3. The third-order valence-corrected chi connectivity index (χ3v) is 4.47. The number of carbonyl (C=O) groups excluding carboxylic acids is 4. The SMILES string of the molecule is O=C(Cc1ccc(NC(=O)C2CC2)cc1)ON1C(=O)c2ccccc2C1=O. The molecule has 0 bridgehead atoms. The maximum absolute atomic E-state index is 12.2. The number of benzene rings is 2. The summed E-state index contributed by atoms with van der Waals surface area (Å²) in [6, 6.07) is 13.1. The lowest BCUT2D eigenvalue weighted by atomic mass is 10.1. The molecule has 0 spiro atoms. The fraction of sp³-hybridized carbons (Fsp3) is 0.200. The Morgan fingerprint density at radius 3 is 2.11 bits per heavy atom. The maximum Gasteiger partial charge on any atom is 0.337 e. The molecule has 0 atom stereocenters. The fourth-order valence-corrected chi connectivity index (χ4v) is 2.85. The molecule has 0 unspecified atom stereocenters. The molecule has 136 valence electrons. The van der Waals surface area contributed by atoms with Gasteiger partial charge in [-0.25, -0.2) is 4.79 Å². The van der Waals surface area contributed by atoms with Crippen LogP contribution in [0.3, 0.4) is 0 Å². The number of fused-ring (bicyclic) bond motifs is 1. The summed E-state index contributed by atoms with van der Waals surface area (Å²) in [6.45, 7) is 0. The number of hydrogen-bond donors (Lipinski definition) is 1. The molecule has 7 heteroatoms. The van der Waals surface area contributed by atoms with E-state index >= 15 is 0 Å². The van der Waals surface area contributed by atoms with E-state index in [1.807, 2.05) is 0 Å². The Kier molecular flexibility index (Phi) is 4.19. The summed E-state index contributed by atoms with van der Waals surface area (Å²) in [7, 11) is 0. The highest BCUT2D eigenvalue weighted by molar-refractivity contribution is 6.20. The van der Waals surface area contributed by atoms with Gasteiger partial charge in [0.15, 0.2) is 0 Å². The van der Waals surface area contributed by atoms with Crippen LogP contribution in [0.2, 0.25) is 0 Å². The van der Waals surface area contributed by atoms with Gasteiger partial charge in [0.1, 0.15) is 0 Å². The second-order valence-corrected chi connectivity index (χ2v) is 6.55. The fourth-order valence-electron chi connectivity index (χ4n) is 2.85. The highest BCUT2D eigenvalue weighted by atomic mass is 16.7. The van der Waals surface area contributed by atoms with Crippen molar-refractivity contribution in [3.63, 3.8) is 0 Å². The van der Waals surface area contributed by atoms with Crippen molar-refractivity contribution in [2.75, 3.05) is 5.32 Å². The summed E-state index contributed by atoms with van der Waals surface area (Å²) in [5.41, 5.74) is 1.72. The Hall–Kier alpha value is -3.48. The topological polar surface area (TPSA) is 92.8 Å². The van der Waals surface area contributed by atoms with Crippen LogP contribution in [-0.4, -0.2) is 28.8 Å². The molecule has 1 fully saturated rings. The van der Waals surface area contributed by atoms with E-state index in [9.17, 15) is 19.2 Å². The van der Waals surface area contributed by atoms with E-state index in [2.05, 4.69) is 5.32 Å². The Labute approximate surface area is 154 Å². The summed E-state index contributed by atoms with van der Waals surface area (Å²) in [6.07, 6.45) is 1.74. The molecule has 0 saturated heterocycles. The van der Waals surface area contributed by atoms with Gasteiger partial charge in [-0.2, -0.15) is 0 Å². The molecule has 1 N–H and O–H groups in total. The molecule has 1 heterocycles. The van der Waals surface area contributed by atoms with E-state index in [0.717, 1.165) is 12.8 Å². The minimum atomic E-state index is -0.723. The van der Waals surface area contributed by atoms with Crippen molar-refractivity contribution in [1.29, 1.82) is 0 Å². The van der Waals surface area contributed by atoms with Crippen LogP contribution in [0.4, 0.5) is 5.69 Å². The molecule has 1 saturated carbocycles. The number of nitrogens with one attached hydrogen (secondary N) is 1. The Morgan fingerprint density at radius 2 is 1.56 bits per heavy atom. The molecule has 2 aromatic carbocycles. The molecule has 0 radical (unpaired) electrons. The second kappa shape index (κ2) is 6.68. The summed E-state index contributed by atoms with van der Waals surface area (Å²) in [4.78, 5) is 53.2. The van der Waals surface area contributed by atoms with Crippen molar-refractivity contribution in [2.45, 2.75) is 19.3 Å². The largest absolute Gasteiger partial charge is 0.337 e. The van der Waals surface area contributed by atoms with Gasteiger partial charge >= 0.3 is 5.97 Å². The van der Waals surface area contributed by atoms with Crippen LogP contribution in [-0.2, 0) is 20.8 Å². The number of hydrogen-bond acceptors (Lipinski definition) is 5. The molecule has 1 aliphatic carbocycles. The molecule has 0 aromatic heterocycles. The first kappa shape index (κ1) is 17.0. The van der Waals surface area contributed by atoms with Gasteiger partial charge in [0.2, 0.25) is 5.91 Å². The number of amides is 3. The molecular formula is C20H16N2O5. The normalized spacial score (nSPS) is 15.5. The maximum atomic E-state index is 12.2. The zero-order chi connectivity index (χ0) is 19.0. The first-order valence-electron chi connectivity index (χ1n) is 8.61. The highest BCUT2D eigenvalue weighted by Gasteiger charge is 2.38. The van der Waals surface area contributed by atoms with Crippen LogP contribution in [0.15, 0.2) is 48.5 Å². The van der Waals surface area contributed by atoms with Crippen molar-refractivity contribution in [3.05, 3.63) is 65.2 Å². The molecule has 3 amide bonds. The predicted octanol–water partition coefficient (Wildman–Crippen LogP) is 2.33. The van der Waals surface area contributed by atoms with Gasteiger partial charge in [-0.1, -0.05) is 29.3 Å². The van der Waals surface area contributed by atoms with Crippen LogP contribution in [0.1, 0.15) is 39.1 Å². The Bertz CT molecular complexity index is 912. The van der Waals surface area contributed by atoms with Gasteiger partial charge in [-0.05, 0) is 42.7 Å². The van der Waals surface area contributed by atoms with E-state index in [4.69, 9.17) is 4.84 Å². The first-order valence-corrected chi connectivity index (χ1v) is 8.61. The van der Waals surface area contributed by atoms with Gasteiger partial charge in [0.05, 0.1) is 17.5 Å². The van der Waals surface area contributed by atoms with Gasteiger partial charge in [-0.15, -0.1) is 0 Å². The van der Waals surface area contributed by atoms with Crippen molar-refractivity contribution in [1.82, 2.24) is 5.06 Å². The molecule has 7 nitrogen and oxygen atoms in total. The minimum Gasteiger partial charge on any atom is -0.329 e. The monoisotopic (exact) mass is 364 g/mol. The summed E-state index contributed by atoms with van der Waals surface area (Å²) in [5, 5.41) is 3.31. The number of nitrogens with zero attached hydrogens (tertiary/aromatic N) is 1. The van der Waals surface area contributed by atoms with Crippen LogP contribution in [0.5, 0.6) is 0 Å². The van der Waals surface area contributed by atoms with Crippen molar-refractivity contribution >= 4 is 29.4 Å². The van der Waals surface area contributed by atoms with Gasteiger partial charge in [0.25, 0.3) is 11.8 Å². The van der Waals surface area contributed by atoms with Crippen LogP contribution >= 0.6 is 0 Å². The third kappa shape index (κ3) is 3.44. The lowest BCUT2D eigenvalue weighted by molar-refractivity contribution is -0.167. The van der Waals surface area contributed by atoms with E-state index in [0.29, 0.717) is 16.3 Å². The zero-order valence-corrected chi connectivity index (χ0v) is 14.3. The van der Waals surface area contributed by atoms with Crippen molar-refractivity contribution in [2.24, 2.45) is 5.92 Å².